The zero-order chi connectivity index (χ0) is 14.8. The molecule has 4 nitrogen and oxygen atoms in total. The monoisotopic (exact) mass is 287 g/mol. The predicted octanol–water partition coefficient (Wildman–Crippen LogP) is 2.19. The number of carbonyl (C=O) groups is 1. The van der Waals surface area contributed by atoms with Gasteiger partial charge < -0.3 is 5.73 Å². The minimum atomic E-state index is -3.36. The lowest BCUT2D eigenvalue weighted by Crippen LogP contribution is -2.31. The highest BCUT2D eigenvalue weighted by molar-refractivity contribution is 7.92. The molecule has 0 amide bonds. The maximum Gasteiger partial charge on any atom is 0.163 e. The minimum absolute atomic E-state index is 0.0427. The number of anilines is 1. The van der Waals surface area contributed by atoms with Crippen molar-refractivity contribution < 1.29 is 17.6 Å². The van der Waals surface area contributed by atoms with E-state index in [4.69, 9.17) is 5.73 Å². The molecular formula is C13H18FNO3S. The van der Waals surface area contributed by atoms with E-state index in [1.807, 2.05) is 0 Å². The van der Waals surface area contributed by atoms with Gasteiger partial charge in [0.2, 0.25) is 0 Å². The van der Waals surface area contributed by atoms with Crippen molar-refractivity contribution in [2.24, 2.45) is 0 Å². The van der Waals surface area contributed by atoms with Gasteiger partial charge in [-0.1, -0.05) is 0 Å². The highest BCUT2D eigenvalue weighted by atomic mass is 32.2. The van der Waals surface area contributed by atoms with Crippen molar-refractivity contribution in [2.45, 2.75) is 31.9 Å². The maximum absolute atomic E-state index is 13.2. The fourth-order valence-corrected chi connectivity index (χ4v) is 2.44. The lowest BCUT2D eigenvalue weighted by molar-refractivity contribution is 0.0988. The summed E-state index contributed by atoms with van der Waals surface area (Å²) in [5.41, 5.74) is 5.40. The molecule has 0 saturated heterocycles. The molecule has 2 N–H and O–H groups in total. The van der Waals surface area contributed by atoms with Crippen LogP contribution in [-0.4, -0.2) is 24.7 Å². The third-order valence-electron chi connectivity index (χ3n) is 2.85. The molecule has 0 aliphatic rings. The molecule has 0 aliphatic carbocycles. The standard InChI is InChI=1S/C13H18FNO3S/c1-13(2,3)19(17,18)7-6-12(16)9-4-5-11(15)10(14)8-9/h4-5,8H,6-7,15H2,1-3H3. The van der Waals surface area contributed by atoms with Gasteiger partial charge in [-0.25, -0.2) is 12.8 Å². The van der Waals surface area contributed by atoms with E-state index >= 15 is 0 Å². The Morgan fingerprint density at radius 3 is 2.37 bits per heavy atom. The zero-order valence-corrected chi connectivity index (χ0v) is 12.1. The number of hydrogen-bond acceptors (Lipinski definition) is 4. The van der Waals surface area contributed by atoms with Gasteiger partial charge in [0.25, 0.3) is 0 Å². The molecule has 6 heteroatoms. The molecular weight excluding hydrogens is 269 g/mol. The number of hydrogen-bond donors (Lipinski definition) is 1. The Bertz CT molecular complexity index is 588. The Hall–Kier alpha value is -1.43. The number of rotatable bonds is 4. The first-order chi connectivity index (χ1) is 8.54. The van der Waals surface area contributed by atoms with E-state index in [0.717, 1.165) is 6.07 Å². The summed E-state index contributed by atoms with van der Waals surface area (Å²) in [5, 5.41) is 0. The Morgan fingerprint density at radius 2 is 1.89 bits per heavy atom. The molecule has 0 saturated carbocycles. The third kappa shape index (κ3) is 3.76. The number of halogens is 1. The zero-order valence-electron chi connectivity index (χ0n) is 11.2. The summed E-state index contributed by atoms with van der Waals surface area (Å²) >= 11 is 0. The summed E-state index contributed by atoms with van der Waals surface area (Å²) in [6.45, 7) is 4.74. The van der Waals surface area contributed by atoms with E-state index in [0.29, 0.717) is 0 Å². The molecule has 1 aromatic carbocycles. The Labute approximate surface area is 112 Å². The van der Waals surface area contributed by atoms with E-state index in [9.17, 15) is 17.6 Å². The smallest absolute Gasteiger partial charge is 0.163 e. The van der Waals surface area contributed by atoms with Crippen LogP contribution in [0.25, 0.3) is 0 Å². The average molecular weight is 287 g/mol. The van der Waals surface area contributed by atoms with Crippen molar-refractivity contribution in [1.29, 1.82) is 0 Å². The average Bonchev–Trinajstić information content (AvgIpc) is 2.28. The third-order valence-corrected chi connectivity index (χ3v) is 5.46. The minimum Gasteiger partial charge on any atom is -0.396 e. The predicted molar refractivity (Wildman–Crippen MR) is 73.3 cm³/mol. The molecule has 0 aromatic heterocycles. The molecule has 0 atom stereocenters. The van der Waals surface area contributed by atoms with E-state index in [2.05, 4.69) is 0 Å². The van der Waals surface area contributed by atoms with Gasteiger partial charge in [0.15, 0.2) is 15.6 Å². The molecule has 1 aromatic rings. The van der Waals surface area contributed by atoms with Crippen molar-refractivity contribution in [3.8, 4) is 0 Å². The van der Waals surface area contributed by atoms with Gasteiger partial charge in [-0.3, -0.25) is 4.79 Å². The summed E-state index contributed by atoms with van der Waals surface area (Å²) in [6.07, 6.45) is -0.164. The first kappa shape index (κ1) is 15.6. The summed E-state index contributed by atoms with van der Waals surface area (Å²) in [4.78, 5) is 11.8. The van der Waals surface area contributed by atoms with Gasteiger partial charge in [0.05, 0.1) is 16.2 Å². The van der Waals surface area contributed by atoms with Crippen LogP contribution in [0, 0.1) is 5.82 Å². The van der Waals surface area contributed by atoms with Crippen LogP contribution in [0.5, 0.6) is 0 Å². The topological polar surface area (TPSA) is 77.2 Å². The number of benzene rings is 1. The second-order valence-electron chi connectivity index (χ2n) is 5.34. The van der Waals surface area contributed by atoms with Gasteiger partial charge >= 0.3 is 0 Å². The van der Waals surface area contributed by atoms with E-state index in [1.54, 1.807) is 20.8 Å². The molecule has 0 spiro atoms. The summed E-state index contributed by atoms with van der Waals surface area (Å²) < 4.78 is 36.0. The largest absolute Gasteiger partial charge is 0.396 e. The molecule has 1 rings (SSSR count). The summed E-state index contributed by atoms with van der Waals surface area (Å²) in [6, 6.07) is 3.71. The van der Waals surface area contributed by atoms with Crippen LogP contribution >= 0.6 is 0 Å². The van der Waals surface area contributed by atoms with Gasteiger partial charge in [0.1, 0.15) is 5.82 Å². The van der Waals surface area contributed by atoms with Crippen molar-refractivity contribution in [3.05, 3.63) is 29.6 Å². The molecule has 0 heterocycles. The molecule has 0 aliphatic heterocycles. The lowest BCUT2D eigenvalue weighted by Gasteiger charge is -2.18. The van der Waals surface area contributed by atoms with Gasteiger partial charge in [-0.15, -0.1) is 0 Å². The van der Waals surface area contributed by atoms with E-state index in [1.165, 1.54) is 12.1 Å². The van der Waals surface area contributed by atoms with Gasteiger partial charge in [-0.2, -0.15) is 0 Å². The number of nitrogens with two attached hydrogens (primary N) is 1. The lowest BCUT2D eigenvalue weighted by atomic mass is 10.1. The highest BCUT2D eigenvalue weighted by Crippen LogP contribution is 2.18. The fraction of sp³-hybridized carbons (Fsp3) is 0.462. The molecule has 0 bridgehead atoms. The maximum atomic E-state index is 13.2. The second kappa shape index (κ2) is 5.28. The van der Waals surface area contributed by atoms with Gasteiger partial charge in [-0.05, 0) is 39.0 Å². The van der Waals surface area contributed by atoms with Crippen molar-refractivity contribution in [3.63, 3.8) is 0 Å². The van der Waals surface area contributed by atoms with Crippen LogP contribution in [0.1, 0.15) is 37.6 Å². The molecule has 19 heavy (non-hydrogen) atoms. The van der Waals surface area contributed by atoms with Crippen molar-refractivity contribution in [1.82, 2.24) is 0 Å². The number of sulfone groups is 1. The normalized spacial score (nSPS) is 12.4. The first-order valence-corrected chi connectivity index (χ1v) is 7.50. The first-order valence-electron chi connectivity index (χ1n) is 5.85. The Morgan fingerprint density at radius 1 is 1.32 bits per heavy atom. The van der Waals surface area contributed by atoms with Crippen LogP contribution in [-0.2, 0) is 9.84 Å². The number of nitrogen functional groups attached to an aromatic ring is 1. The van der Waals surface area contributed by atoms with Crippen LogP contribution in [0.15, 0.2) is 18.2 Å². The van der Waals surface area contributed by atoms with Crippen LogP contribution in [0.3, 0.4) is 0 Å². The Kier molecular flexibility index (Phi) is 4.35. The molecule has 0 fully saturated rings. The molecule has 0 unspecified atom stereocenters. The molecule has 0 radical (unpaired) electrons. The highest BCUT2D eigenvalue weighted by Gasteiger charge is 2.29. The van der Waals surface area contributed by atoms with E-state index in [-0.39, 0.29) is 23.4 Å². The van der Waals surface area contributed by atoms with Crippen molar-refractivity contribution in [2.75, 3.05) is 11.5 Å². The second-order valence-corrected chi connectivity index (χ2v) is 8.20. The number of ketones is 1. The summed E-state index contributed by atoms with van der Waals surface area (Å²) in [5.74, 6) is -1.34. The van der Waals surface area contributed by atoms with Gasteiger partial charge in [0, 0.05) is 12.0 Å². The number of Topliss-reactive ketones (excluding diaryl/α,β-unsaturated/α-hetero) is 1. The summed E-state index contributed by atoms with van der Waals surface area (Å²) in [7, 11) is -3.36. The van der Waals surface area contributed by atoms with Crippen LogP contribution in [0.2, 0.25) is 0 Å². The fourth-order valence-electron chi connectivity index (χ4n) is 1.38. The van der Waals surface area contributed by atoms with Crippen LogP contribution < -0.4 is 5.73 Å². The SMILES string of the molecule is CC(C)(C)S(=O)(=O)CCC(=O)c1ccc(N)c(F)c1. The quantitative estimate of drug-likeness (QED) is 0.680. The number of carbonyl (C=O) groups excluding carboxylic acids is 1. The Balaban J connectivity index is 2.79. The van der Waals surface area contributed by atoms with Crippen LogP contribution in [0.4, 0.5) is 10.1 Å². The molecule has 106 valence electrons. The van der Waals surface area contributed by atoms with Crippen molar-refractivity contribution >= 4 is 21.3 Å². The van der Waals surface area contributed by atoms with E-state index < -0.39 is 26.2 Å².